The van der Waals surface area contributed by atoms with Crippen LogP contribution < -0.4 is 0 Å². The molecule has 4 nitrogen and oxygen atoms in total. The smallest absolute Gasteiger partial charge is 0.326 e. The summed E-state index contributed by atoms with van der Waals surface area (Å²) in [5.41, 5.74) is 1.61. The van der Waals surface area contributed by atoms with Gasteiger partial charge in [0.15, 0.2) is 0 Å². The maximum absolute atomic E-state index is 12.6. The fourth-order valence-corrected chi connectivity index (χ4v) is 3.77. The molecule has 2 fully saturated rings. The molecule has 1 N–H and O–H groups in total. The quantitative estimate of drug-likeness (QED) is 0.899. The normalized spacial score (nSPS) is 28.4. The number of carboxylic acids is 1. The van der Waals surface area contributed by atoms with Crippen LogP contribution in [0.15, 0.2) is 24.3 Å². The molecule has 0 aromatic heterocycles. The third kappa shape index (κ3) is 2.09. The molecule has 0 spiro atoms. The van der Waals surface area contributed by atoms with Crippen molar-refractivity contribution in [2.45, 2.75) is 32.2 Å². The SMILES string of the molecule is Cc1cccc(C(=O)N2CC3CCCC3C2C(=O)O)c1. The Bertz CT molecular complexity index is 554. The minimum absolute atomic E-state index is 0.140. The van der Waals surface area contributed by atoms with Crippen LogP contribution in [0.5, 0.6) is 0 Å². The fourth-order valence-electron chi connectivity index (χ4n) is 3.77. The Kier molecular flexibility index (Phi) is 3.24. The van der Waals surface area contributed by atoms with Crippen molar-refractivity contribution >= 4 is 11.9 Å². The summed E-state index contributed by atoms with van der Waals surface area (Å²) in [6.07, 6.45) is 3.07. The molecule has 4 heteroatoms. The van der Waals surface area contributed by atoms with Gasteiger partial charge in [0.2, 0.25) is 0 Å². The predicted octanol–water partition coefficient (Wildman–Crippen LogP) is 2.32. The molecule has 1 aliphatic heterocycles. The zero-order chi connectivity index (χ0) is 14.3. The van der Waals surface area contributed by atoms with Crippen molar-refractivity contribution in [1.82, 2.24) is 4.90 Å². The number of carboxylic acid groups (broad SMARTS) is 1. The molecule has 2 aliphatic rings. The number of nitrogens with zero attached hydrogens (tertiary/aromatic N) is 1. The third-order valence-corrected chi connectivity index (χ3v) is 4.67. The number of rotatable bonds is 2. The summed E-state index contributed by atoms with van der Waals surface area (Å²) >= 11 is 0. The number of hydrogen-bond acceptors (Lipinski definition) is 2. The summed E-state index contributed by atoms with van der Waals surface area (Å²) in [6, 6.07) is 6.73. The summed E-state index contributed by atoms with van der Waals surface area (Å²) < 4.78 is 0. The van der Waals surface area contributed by atoms with Crippen molar-refractivity contribution in [3.05, 3.63) is 35.4 Å². The first-order valence-electron chi connectivity index (χ1n) is 7.18. The molecular weight excluding hydrogens is 254 g/mol. The Balaban J connectivity index is 1.89. The van der Waals surface area contributed by atoms with Crippen LogP contribution in [0.1, 0.15) is 35.2 Å². The summed E-state index contributed by atoms with van der Waals surface area (Å²) in [5, 5.41) is 9.49. The molecule has 106 valence electrons. The van der Waals surface area contributed by atoms with E-state index >= 15 is 0 Å². The van der Waals surface area contributed by atoms with Crippen LogP contribution in [-0.4, -0.2) is 34.5 Å². The van der Waals surface area contributed by atoms with E-state index in [0.29, 0.717) is 18.0 Å². The minimum atomic E-state index is -0.861. The zero-order valence-electron chi connectivity index (χ0n) is 11.6. The molecule has 3 atom stereocenters. The average molecular weight is 273 g/mol. The monoisotopic (exact) mass is 273 g/mol. The van der Waals surface area contributed by atoms with E-state index in [1.54, 1.807) is 11.0 Å². The van der Waals surface area contributed by atoms with Gasteiger partial charge in [-0.15, -0.1) is 0 Å². The molecule has 0 radical (unpaired) electrons. The van der Waals surface area contributed by atoms with Gasteiger partial charge in [-0.25, -0.2) is 4.79 Å². The summed E-state index contributed by atoms with van der Waals surface area (Å²) in [5.74, 6) is -0.498. The lowest BCUT2D eigenvalue weighted by atomic mass is 9.94. The lowest BCUT2D eigenvalue weighted by Crippen LogP contribution is -2.43. The van der Waals surface area contributed by atoms with E-state index in [0.717, 1.165) is 24.8 Å². The van der Waals surface area contributed by atoms with Crippen molar-refractivity contribution in [3.63, 3.8) is 0 Å². The Morgan fingerprint density at radius 1 is 1.30 bits per heavy atom. The lowest BCUT2D eigenvalue weighted by Gasteiger charge is -2.24. The van der Waals surface area contributed by atoms with Crippen molar-refractivity contribution in [2.24, 2.45) is 11.8 Å². The number of amides is 1. The van der Waals surface area contributed by atoms with Crippen LogP contribution >= 0.6 is 0 Å². The van der Waals surface area contributed by atoms with Crippen LogP contribution in [-0.2, 0) is 4.79 Å². The molecule has 1 aromatic carbocycles. The second-order valence-electron chi connectivity index (χ2n) is 5.96. The summed E-state index contributed by atoms with van der Waals surface area (Å²) in [4.78, 5) is 25.7. The van der Waals surface area contributed by atoms with Gasteiger partial charge in [-0.3, -0.25) is 4.79 Å². The zero-order valence-corrected chi connectivity index (χ0v) is 11.6. The first kappa shape index (κ1) is 13.2. The highest BCUT2D eigenvalue weighted by Crippen LogP contribution is 2.42. The Labute approximate surface area is 118 Å². The van der Waals surface area contributed by atoms with E-state index in [1.807, 2.05) is 25.1 Å². The van der Waals surface area contributed by atoms with Crippen LogP contribution in [0, 0.1) is 18.8 Å². The van der Waals surface area contributed by atoms with Crippen LogP contribution in [0.4, 0.5) is 0 Å². The van der Waals surface area contributed by atoms with Crippen molar-refractivity contribution in [3.8, 4) is 0 Å². The van der Waals surface area contributed by atoms with Gasteiger partial charge in [0, 0.05) is 12.1 Å². The number of likely N-dealkylation sites (tertiary alicyclic amines) is 1. The maximum Gasteiger partial charge on any atom is 0.326 e. The highest BCUT2D eigenvalue weighted by Gasteiger charge is 2.49. The van der Waals surface area contributed by atoms with Gasteiger partial charge in [0.25, 0.3) is 5.91 Å². The molecule has 20 heavy (non-hydrogen) atoms. The van der Waals surface area contributed by atoms with Gasteiger partial charge < -0.3 is 10.0 Å². The topological polar surface area (TPSA) is 57.6 Å². The maximum atomic E-state index is 12.6. The molecule has 1 amide bonds. The number of hydrogen-bond donors (Lipinski definition) is 1. The molecule has 1 aromatic rings. The number of benzene rings is 1. The molecule has 1 saturated carbocycles. The van der Waals surface area contributed by atoms with Crippen LogP contribution in [0.3, 0.4) is 0 Å². The van der Waals surface area contributed by atoms with Gasteiger partial charge in [-0.2, -0.15) is 0 Å². The fraction of sp³-hybridized carbons (Fsp3) is 0.500. The number of aliphatic carboxylic acids is 1. The van der Waals surface area contributed by atoms with E-state index in [4.69, 9.17) is 0 Å². The predicted molar refractivity (Wildman–Crippen MR) is 74.5 cm³/mol. The second-order valence-corrected chi connectivity index (χ2v) is 5.96. The van der Waals surface area contributed by atoms with Crippen LogP contribution in [0.2, 0.25) is 0 Å². The van der Waals surface area contributed by atoms with E-state index in [-0.39, 0.29) is 11.8 Å². The first-order chi connectivity index (χ1) is 9.58. The van der Waals surface area contributed by atoms with Gasteiger partial charge in [0.05, 0.1) is 0 Å². The third-order valence-electron chi connectivity index (χ3n) is 4.67. The highest BCUT2D eigenvalue weighted by molar-refractivity contribution is 5.97. The molecule has 1 saturated heterocycles. The molecule has 1 aliphatic carbocycles. The summed E-state index contributed by atoms with van der Waals surface area (Å²) in [6.45, 7) is 2.53. The molecule has 0 bridgehead atoms. The lowest BCUT2D eigenvalue weighted by molar-refractivity contribution is -0.142. The molecule has 3 rings (SSSR count). The number of carbonyl (C=O) groups excluding carboxylic acids is 1. The molecule has 1 heterocycles. The standard InChI is InChI=1S/C16H19NO3/c1-10-4-2-5-11(8-10)15(18)17-9-12-6-3-7-13(12)14(17)16(19)20/h2,4-5,8,12-14H,3,6-7,9H2,1H3,(H,19,20). The highest BCUT2D eigenvalue weighted by atomic mass is 16.4. The van der Waals surface area contributed by atoms with E-state index in [2.05, 4.69) is 0 Å². The van der Waals surface area contributed by atoms with Crippen molar-refractivity contribution < 1.29 is 14.7 Å². The molecule has 3 unspecified atom stereocenters. The van der Waals surface area contributed by atoms with Gasteiger partial charge in [-0.05, 0) is 43.7 Å². The number of carbonyl (C=O) groups is 2. The van der Waals surface area contributed by atoms with E-state index < -0.39 is 12.0 Å². The second kappa shape index (κ2) is 4.93. The van der Waals surface area contributed by atoms with E-state index in [9.17, 15) is 14.7 Å². The van der Waals surface area contributed by atoms with Gasteiger partial charge in [0.1, 0.15) is 6.04 Å². The van der Waals surface area contributed by atoms with Crippen LogP contribution in [0.25, 0.3) is 0 Å². The number of fused-ring (bicyclic) bond motifs is 1. The molecular formula is C16H19NO3. The summed E-state index contributed by atoms with van der Waals surface area (Å²) in [7, 11) is 0. The Morgan fingerprint density at radius 2 is 2.10 bits per heavy atom. The van der Waals surface area contributed by atoms with E-state index in [1.165, 1.54) is 0 Å². The average Bonchev–Trinajstić information content (AvgIpc) is 2.96. The Morgan fingerprint density at radius 3 is 2.80 bits per heavy atom. The first-order valence-corrected chi connectivity index (χ1v) is 7.18. The minimum Gasteiger partial charge on any atom is -0.480 e. The Hall–Kier alpha value is -1.84. The largest absolute Gasteiger partial charge is 0.480 e. The van der Waals surface area contributed by atoms with Crippen molar-refractivity contribution in [2.75, 3.05) is 6.54 Å². The van der Waals surface area contributed by atoms with Gasteiger partial charge in [-0.1, -0.05) is 24.1 Å². The van der Waals surface area contributed by atoms with Crippen molar-refractivity contribution in [1.29, 1.82) is 0 Å². The van der Waals surface area contributed by atoms with Gasteiger partial charge >= 0.3 is 5.97 Å². The number of aryl methyl sites for hydroxylation is 1.